The highest BCUT2D eigenvalue weighted by molar-refractivity contribution is 5.87. The number of oxime groups is 1. The van der Waals surface area contributed by atoms with Crippen molar-refractivity contribution in [3.63, 3.8) is 0 Å². The van der Waals surface area contributed by atoms with E-state index in [1.54, 1.807) is 0 Å². The zero-order valence-corrected chi connectivity index (χ0v) is 7.20. The van der Waals surface area contributed by atoms with Crippen LogP contribution in [0.3, 0.4) is 0 Å². The van der Waals surface area contributed by atoms with Gasteiger partial charge in [-0.1, -0.05) is 18.0 Å². The van der Waals surface area contributed by atoms with Crippen LogP contribution in [0.1, 0.15) is 32.1 Å². The molecule has 1 unspecified atom stereocenters. The number of rotatable bonds is 2. The Morgan fingerprint density at radius 2 is 2.17 bits per heavy atom. The van der Waals surface area contributed by atoms with Crippen molar-refractivity contribution in [1.29, 1.82) is 0 Å². The van der Waals surface area contributed by atoms with Crippen LogP contribution < -0.4 is 0 Å². The first-order valence-electron chi connectivity index (χ1n) is 4.73. The number of aliphatic hydroxyl groups is 1. The second kappa shape index (κ2) is 3.44. The lowest BCUT2D eigenvalue weighted by molar-refractivity contribution is 0.0390. The van der Waals surface area contributed by atoms with Gasteiger partial charge in [-0.15, -0.1) is 0 Å². The lowest BCUT2D eigenvalue weighted by atomic mass is 9.98. The first kappa shape index (κ1) is 8.05. The topological polar surface area (TPSA) is 41.8 Å². The summed E-state index contributed by atoms with van der Waals surface area (Å²) in [7, 11) is 0. The molecule has 1 fully saturated rings. The van der Waals surface area contributed by atoms with E-state index < -0.39 is 0 Å². The molecule has 2 rings (SSSR count). The van der Waals surface area contributed by atoms with Crippen molar-refractivity contribution in [1.82, 2.24) is 0 Å². The Balaban J connectivity index is 1.89. The lowest BCUT2D eigenvalue weighted by Crippen LogP contribution is -2.15. The molecule has 12 heavy (non-hydrogen) atoms. The molecule has 1 aliphatic heterocycles. The van der Waals surface area contributed by atoms with Crippen molar-refractivity contribution in [2.45, 2.75) is 38.2 Å². The highest BCUT2D eigenvalue weighted by Gasteiger charge is 2.28. The van der Waals surface area contributed by atoms with Gasteiger partial charge in [0.2, 0.25) is 0 Å². The first-order valence-corrected chi connectivity index (χ1v) is 4.73. The zero-order chi connectivity index (χ0) is 8.39. The van der Waals surface area contributed by atoms with Gasteiger partial charge in [0.1, 0.15) is 0 Å². The first-order chi connectivity index (χ1) is 5.90. The molecule has 3 nitrogen and oxygen atoms in total. The lowest BCUT2D eigenvalue weighted by Gasteiger charge is -2.06. The number of aliphatic hydroxyl groups excluding tert-OH is 1. The molecule has 0 aromatic heterocycles. The van der Waals surface area contributed by atoms with E-state index in [0.717, 1.165) is 6.42 Å². The summed E-state index contributed by atoms with van der Waals surface area (Å²) in [4.78, 5) is 5.07. The molecule has 0 saturated heterocycles. The van der Waals surface area contributed by atoms with E-state index >= 15 is 0 Å². The van der Waals surface area contributed by atoms with Gasteiger partial charge in [0, 0.05) is 12.3 Å². The maximum Gasteiger partial charge on any atom is 0.155 e. The van der Waals surface area contributed by atoms with Crippen LogP contribution in [0.4, 0.5) is 0 Å². The van der Waals surface area contributed by atoms with Crippen LogP contribution in [-0.2, 0) is 4.84 Å². The summed E-state index contributed by atoms with van der Waals surface area (Å²) in [6.07, 6.45) is 5.98. The molecule has 0 amide bonds. The maximum absolute atomic E-state index is 8.83. The van der Waals surface area contributed by atoms with Gasteiger partial charge in [-0.25, -0.2) is 0 Å². The molecule has 0 aromatic rings. The second-order valence-corrected chi connectivity index (χ2v) is 3.68. The van der Waals surface area contributed by atoms with Crippen LogP contribution in [0, 0.1) is 5.92 Å². The van der Waals surface area contributed by atoms with Crippen LogP contribution >= 0.6 is 0 Å². The minimum absolute atomic E-state index is 0.0550. The molecule has 1 atom stereocenters. The quantitative estimate of drug-likeness (QED) is 0.677. The smallest absolute Gasteiger partial charge is 0.155 e. The maximum atomic E-state index is 8.83. The Kier molecular flexibility index (Phi) is 2.30. The summed E-state index contributed by atoms with van der Waals surface area (Å²) in [5.74, 6) is 0.654. The van der Waals surface area contributed by atoms with E-state index in [9.17, 15) is 0 Å². The largest absolute Gasteiger partial charge is 0.392 e. The standard InChI is InChI=1S/C9H15NO2/c11-6-8-5-9(10-12-8)7-3-1-2-4-7/h7-8,11H,1-6H2. The number of hydrogen-bond acceptors (Lipinski definition) is 3. The van der Waals surface area contributed by atoms with Crippen LogP contribution in [0.15, 0.2) is 5.16 Å². The highest BCUT2D eigenvalue weighted by Crippen LogP contribution is 2.30. The third-order valence-electron chi connectivity index (χ3n) is 2.79. The third-order valence-corrected chi connectivity index (χ3v) is 2.79. The molecule has 1 aliphatic carbocycles. The van der Waals surface area contributed by atoms with Crippen LogP contribution in [0.5, 0.6) is 0 Å². The molecule has 1 heterocycles. The number of hydrogen-bond donors (Lipinski definition) is 1. The average Bonchev–Trinajstić information content (AvgIpc) is 2.75. The number of nitrogens with zero attached hydrogens (tertiary/aromatic N) is 1. The summed E-state index contributed by atoms with van der Waals surface area (Å²) in [5.41, 5.74) is 1.19. The van der Waals surface area contributed by atoms with Crippen LogP contribution in [0.2, 0.25) is 0 Å². The van der Waals surface area contributed by atoms with E-state index in [-0.39, 0.29) is 12.7 Å². The van der Waals surface area contributed by atoms with Gasteiger partial charge in [0.25, 0.3) is 0 Å². The van der Waals surface area contributed by atoms with E-state index in [4.69, 9.17) is 9.94 Å². The Labute approximate surface area is 72.4 Å². The van der Waals surface area contributed by atoms with Gasteiger partial charge in [0.05, 0.1) is 12.3 Å². The molecule has 0 aromatic carbocycles. The van der Waals surface area contributed by atoms with E-state index in [2.05, 4.69) is 5.16 Å². The van der Waals surface area contributed by atoms with Gasteiger partial charge in [0.15, 0.2) is 6.10 Å². The fraction of sp³-hybridized carbons (Fsp3) is 0.889. The molecule has 68 valence electrons. The fourth-order valence-corrected chi connectivity index (χ4v) is 2.05. The molecule has 1 saturated carbocycles. The molecule has 1 N–H and O–H groups in total. The van der Waals surface area contributed by atoms with Gasteiger partial charge in [-0.2, -0.15) is 0 Å². The van der Waals surface area contributed by atoms with E-state index in [0.29, 0.717) is 5.92 Å². The van der Waals surface area contributed by atoms with Gasteiger partial charge in [-0.05, 0) is 12.8 Å². The molecule has 0 spiro atoms. The Hall–Kier alpha value is -0.570. The SMILES string of the molecule is OCC1CC(C2CCCC2)=NO1. The fourth-order valence-electron chi connectivity index (χ4n) is 2.05. The summed E-state index contributed by atoms with van der Waals surface area (Å²) in [5, 5.41) is 12.9. The second-order valence-electron chi connectivity index (χ2n) is 3.68. The van der Waals surface area contributed by atoms with E-state index in [1.165, 1.54) is 31.4 Å². The van der Waals surface area contributed by atoms with Crippen molar-refractivity contribution in [2.75, 3.05) is 6.61 Å². The third kappa shape index (κ3) is 1.46. The van der Waals surface area contributed by atoms with Crippen LogP contribution in [0.25, 0.3) is 0 Å². The normalized spacial score (nSPS) is 30.4. The average molecular weight is 169 g/mol. The van der Waals surface area contributed by atoms with Crippen molar-refractivity contribution in [2.24, 2.45) is 11.1 Å². The molecule has 0 bridgehead atoms. The van der Waals surface area contributed by atoms with Crippen molar-refractivity contribution in [3.05, 3.63) is 0 Å². The predicted octanol–water partition coefficient (Wildman–Crippen LogP) is 1.31. The zero-order valence-electron chi connectivity index (χ0n) is 7.20. The van der Waals surface area contributed by atoms with Crippen molar-refractivity contribution >= 4 is 5.71 Å². The molecular weight excluding hydrogens is 154 g/mol. The molecule has 3 heteroatoms. The summed E-state index contributed by atoms with van der Waals surface area (Å²) < 4.78 is 0. The Bertz CT molecular complexity index is 185. The minimum Gasteiger partial charge on any atom is -0.392 e. The monoisotopic (exact) mass is 169 g/mol. The van der Waals surface area contributed by atoms with Crippen molar-refractivity contribution < 1.29 is 9.94 Å². The minimum atomic E-state index is -0.0550. The Morgan fingerprint density at radius 1 is 1.42 bits per heavy atom. The Morgan fingerprint density at radius 3 is 2.75 bits per heavy atom. The molecule has 0 radical (unpaired) electrons. The summed E-state index contributed by atoms with van der Waals surface area (Å²) >= 11 is 0. The molecular formula is C9H15NO2. The van der Waals surface area contributed by atoms with Gasteiger partial charge in [-0.3, -0.25) is 0 Å². The predicted molar refractivity (Wildman–Crippen MR) is 46.0 cm³/mol. The van der Waals surface area contributed by atoms with Crippen molar-refractivity contribution in [3.8, 4) is 0 Å². The van der Waals surface area contributed by atoms with Crippen LogP contribution in [-0.4, -0.2) is 23.5 Å². The summed E-state index contributed by atoms with van der Waals surface area (Å²) in [6, 6.07) is 0. The van der Waals surface area contributed by atoms with Gasteiger partial charge < -0.3 is 9.94 Å². The molecule has 2 aliphatic rings. The highest BCUT2D eigenvalue weighted by atomic mass is 16.6. The summed E-state index contributed by atoms with van der Waals surface area (Å²) in [6.45, 7) is 0.0969. The van der Waals surface area contributed by atoms with E-state index in [1.807, 2.05) is 0 Å². The van der Waals surface area contributed by atoms with Gasteiger partial charge >= 0.3 is 0 Å².